The minimum absolute atomic E-state index is 0.162. The number of nitrogens with one attached hydrogen (secondary N) is 1. The fourth-order valence-electron chi connectivity index (χ4n) is 10.2. The first-order chi connectivity index (χ1) is 28.1. The molecule has 2 amide bonds. The van der Waals surface area contributed by atoms with Crippen LogP contribution >= 0.6 is 0 Å². The highest BCUT2D eigenvalue weighted by atomic mass is 16.3. The van der Waals surface area contributed by atoms with Crippen LogP contribution in [0.15, 0.2) is 65.7 Å². The maximum absolute atomic E-state index is 13.2. The van der Waals surface area contributed by atoms with Gasteiger partial charge in [0, 0.05) is 88.3 Å². The molecule has 0 aliphatic carbocycles. The number of benzene rings is 2. The average Bonchev–Trinajstić information content (AvgIpc) is 3.61. The summed E-state index contributed by atoms with van der Waals surface area (Å²) in [5, 5.41) is 21.3. The monoisotopic (exact) mass is 784 g/mol. The first-order valence-corrected chi connectivity index (χ1v) is 20.4. The number of carbonyl (C=O) groups excluding carboxylic acids is 2. The van der Waals surface area contributed by atoms with Gasteiger partial charge in [0.1, 0.15) is 11.8 Å². The van der Waals surface area contributed by atoms with Crippen LogP contribution < -0.4 is 26.5 Å². The van der Waals surface area contributed by atoms with E-state index in [1.807, 2.05) is 36.7 Å². The molecule has 1 spiro atoms. The number of aromatic hydroxyl groups is 1. The highest BCUT2D eigenvalue weighted by molar-refractivity contribution is 6.00. The first-order valence-electron chi connectivity index (χ1n) is 20.4. The number of hydrogen-bond acceptors (Lipinski definition) is 13. The summed E-state index contributed by atoms with van der Waals surface area (Å²) >= 11 is 0. The van der Waals surface area contributed by atoms with Crippen LogP contribution in [0.1, 0.15) is 55.7 Å². The number of hydrogen-bond donors (Lipinski definition) is 3. The quantitative estimate of drug-likeness (QED) is 0.196. The molecular formula is C42H48N12O4. The Bertz CT molecular complexity index is 2450. The molecule has 3 aromatic heterocycles. The number of nitrogens with two attached hydrogens (primary N) is 1. The SMILES string of the molecule is Cn1c(=O)n(C2CCC(=O)NC2=O)c2ccc(CN3CC4(CCN(Cc5cnc(N6C7CCC6CN(c6cc(-c8ccccc8O)nnc6N)C7)nc5)CC4)C3)cc21. The van der Waals surface area contributed by atoms with Crippen LogP contribution in [0.25, 0.3) is 22.3 Å². The molecule has 3 unspecified atom stereocenters. The summed E-state index contributed by atoms with van der Waals surface area (Å²) in [4.78, 5) is 56.9. The smallest absolute Gasteiger partial charge is 0.329 e. The van der Waals surface area contributed by atoms with Crippen molar-refractivity contribution in [3.63, 3.8) is 0 Å². The Kier molecular flexibility index (Phi) is 8.93. The second-order valence-corrected chi connectivity index (χ2v) is 17.0. The Morgan fingerprint density at radius 2 is 1.59 bits per heavy atom. The van der Waals surface area contributed by atoms with Gasteiger partial charge in [0.2, 0.25) is 17.8 Å². The molecular weight excluding hydrogens is 737 g/mol. The molecule has 5 fully saturated rings. The van der Waals surface area contributed by atoms with Crippen molar-refractivity contribution in [2.45, 2.75) is 69.7 Å². The summed E-state index contributed by atoms with van der Waals surface area (Å²) < 4.78 is 3.14. The first kappa shape index (κ1) is 36.5. The minimum Gasteiger partial charge on any atom is -0.507 e. The van der Waals surface area contributed by atoms with Crippen LogP contribution in [0.2, 0.25) is 0 Å². The Balaban J connectivity index is 0.722. The van der Waals surface area contributed by atoms with Crippen LogP contribution in [0.3, 0.4) is 0 Å². The number of likely N-dealkylation sites (tertiary alicyclic amines) is 2. The number of nitrogens with zero attached hydrogens (tertiary/aromatic N) is 10. The Labute approximate surface area is 335 Å². The molecule has 10 rings (SSSR count). The molecule has 0 saturated carbocycles. The van der Waals surface area contributed by atoms with E-state index in [1.165, 1.54) is 4.57 Å². The van der Waals surface area contributed by atoms with Crippen molar-refractivity contribution < 1.29 is 14.7 Å². The van der Waals surface area contributed by atoms with E-state index in [1.54, 1.807) is 23.7 Å². The Hall–Kier alpha value is -5.87. The summed E-state index contributed by atoms with van der Waals surface area (Å²) in [6.45, 7) is 7.42. The van der Waals surface area contributed by atoms with Crippen molar-refractivity contribution in [1.82, 2.24) is 44.4 Å². The van der Waals surface area contributed by atoms with Gasteiger partial charge in [0.25, 0.3) is 0 Å². The van der Waals surface area contributed by atoms with Crippen LogP contribution in [0, 0.1) is 5.41 Å². The summed E-state index contributed by atoms with van der Waals surface area (Å²) in [7, 11) is 1.74. The third kappa shape index (κ3) is 6.43. The number of imidazole rings is 1. The molecule has 58 heavy (non-hydrogen) atoms. The topological polar surface area (TPSA) is 184 Å². The van der Waals surface area contributed by atoms with Gasteiger partial charge < -0.3 is 20.6 Å². The number of phenols is 1. The fourth-order valence-corrected chi connectivity index (χ4v) is 10.2. The number of aryl methyl sites for hydroxylation is 1. The highest BCUT2D eigenvalue weighted by Gasteiger charge is 2.45. The number of fused-ring (bicyclic) bond motifs is 3. The standard InChI is InChI=1S/C42H48N12O4/c1-49-34-16-26(6-9-32(34)54(41(49)58)33-10-11-37(56)46-39(33)57)20-51-24-42(25-51)12-14-50(15-13-42)21-27-18-44-40(45-19-27)53-28-7-8-29(53)23-52(22-28)35-17-31(47-48-38(35)43)30-4-2-3-5-36(30)55/h2-6,9,16-19,28-29,33,55H,7-8,10-15,20-25H2,1H3,(H2,43,48)(H,46,56,57). The Morgan fingerprint density at radius 1 is 0.862 bits per heavy atom. The molecule has 2 aromatic carbocycles. The summed E-state index contributed by atoms with van der Waals surface area (Å²) in [6.07, 6.45) is 8.98. The number of imide groups is 1. The molecule has 5 saturated heterocycles. The lowest BCUT2D eigenvalue weighted by atomic mass is 9.72. The minimum atomic E-state index is -0.679. The largest absolute Gasteiger partial charge is 0.507 e. The zero-order valence-corrected chi connectivity index (χ0v) is 32.6. The van der Waals surface area contributed by atoms with Gasteiger partial charge in [0.15, 0.2) is 5.82 Å². The number of carbonyl (C=O) groups is 2. The molecule has 4 N–H and O–H groups in total. The third-order valence-electron chi connectivity index (χ3n) is 13.2. The lowest BCUT2D eigenvalue weighted by molar-refractivity contribution is -0.135. The predicted molar refractivity (Wildman–Crippen MR) is 218 cm³/mol. The van der Waals surface area contributed by atoms with E-state index in [0.29, 0.717) is 28.9 Å². The van der Waals surface area contributed by atoms with Gasteiger partial charge in [0.05, 0.1) is 22.4 Å². The van der Waals surface area contributed by atoms with Gasteiger partial charge in [-0.3, -0.25) is 33.8 Å². The molecule has 5 aliphatic heterocycles. The molecule has 300 valence electrons. The number of anilines is 3. The number of rotatable bonds is 8. The lowest BCUT2D eigenvalue weighted by Gasteiger charge is -2.54. The van der Waals surface area contributed by atoms with Crippen molar-refractivity contribution in [2.75, 3.05) is 54.8 Å². The van der Waals surface area contributed by atoms with Gasteiger partial charge in [-0.15, -0.1) is 10.2 Å². The second-order valence-electron chi connectivity index (χ2n) is 17.0. The molecule has 3 atom stereocenters. The maximum Gasteiger partial charge on any atom is 0.329 e. The molecule has 16 heteroatoms. The van der Waals surface area contributed by atoms with Gasteiger partial charge in [-0.25, -0.2) is 14.8 Å². The molecule has 5 aliphatic rings. The summed E-state index contributed by atoms with van der Waals surface area (Å²) in [5.41, 5.74) is 12.3. The number of amides is 2. The molecule has 8 heterocycles. The normalized spacial score (nSPS) is 23.4. The molecule has 2 bridgehead atoms. The van der Waals surface area contributed by atoms with E-state index in [0.717, 1.165) is 112 Å². The van der Waals surface area contributed by atoms with Crippen molar-refractivity contribution in [3.05, 3.63) is 82.5 Å². The summed E-state index contributed by atoms with van der Waals surface area (Å²) in [5.74, 6) is 0.624. The molecule has 16 nitrogen and oxygen atoms in total. The van der Waals surface area contributed by atoms with E-state index in [2.05, 4.69) is 47.2 Å². The zero-order chi connectivity index (χ0) is 39.7. The zero-order valence-electron chi connectivity index (χ0n) is 32.6. The predicted octanol–water partition coefficient (Wildman–Crippen LogP) is 2.81. The van der Waals surface area contributed by atoms with Crippen molar-refractivity contribution >= 4 is 40.3 Å². The second kappa shape index (κ2) is 14.2. The van der Waals surface area contributed by atoms with Gasteiger partial charge in [-0.1, -0.05) is 18.2 Å². The lowest BCUT2D eigenvalue weighted by Crippen LogP contribution is -2.59. The van der Waals surface area contributed by atoms with Gasteiger partial charge in [-0.05, 0) is 86.5 Å². The van der Waals surface area contributed by atoms with Crippen LogP contribution in [-0.2, 0) is 29.7 Å². The van der Waals surface area contributed by atoms with E-state index in [-0.39, 0.29) is 35.9 Å². The molecule has 0 radical (unpaired) electrons. The van der Waals surface area contributed by atoms with Gasteiger partial charge in [-0.2, -0.15) is 0 Å². The number of phenolic OH excluding ortho intramolecular Hbond substituents is 1. The van der Waals surface area contributed by atoms with E-state index >= 15 is 0 Å². The van der Waals surface area contributed by atoms with Crippen LogP contribution in [0.5, 0.6) is 5.75 Å². The van der Waals surface area contributed by atoms with Gasteiger partial charge >= 0.3 is 5.69 Å². The van der Waals surface area contributed by atoms with Crippen molar-refractivity contribution in [1.29, 1.82) is 0 Å². The maximum atomic E-state index is 13.2. The number of aromatic nitrogens is 6. The van der Waals surface area contributed by atoms with Crippen molar-refractivity contribution in [3.8, 4) is 17.0 Å². The fraction of sp³-hybridized carbons (Fsp3) is 0.452. The number of piperazine rings is 1. The molecule has 5 aromatic rings. The van der Waals surface area contributed by atoms with Crippen LogP contribution in [-0.4, -0.2) is 107 Å². The van der Waals surface area contributed by atoms with E-state index < -0.39 is 11.9 Å². The number of nitrogen functional groups attached to an aromatic ring is 1. The highest BCUT2D eigenvalue weighted by Crippen LogP contribution is 2.42. The number of para-hydroxylation sites is 1. The average molecular weight is 785 g/mol. The van der Waals surface area contributed by atoms with Crippen molar-refractivity contribution in [2.24, 2.45) is 12.5 Å². The van der Waals surface area contributed by atoms with E-state index in [9.17, 15) is 19.5 Å². The summed E-state index contributed by atoms with van der Waals surface area (Å²) in [6, 6.07) is 15.0. The third-order valence-corrected chi connectivity index (χ3v) is 13.2. The van der Waals surface area contributed by atoms with Crippen LogP contribution in [0.4, 0.5) is 17.5 Å². The van der Waals surface area contributed by atoms with E-state index in [4.69, 9.17) is 15.7 Å². The number of piperidine rings is 2. The Morgan fingerprint density at radius 3 is 2.31 bits per heavy atom.